The second-order valence-electron chi connectivity index (χ2n) is 4.07. The van der Waals surface area contributed by atoms with Crippen molar-refractivity contribution in [2.75, 3.05) is 5.32 Å². The number of hydrogen-bond acceptors (Lipinski definition) is 1. The summed E-state index contributed by atoms with van der Waals surface area (Å²) < 4.78 is 1.03. The van der Waals surface area contributed by atoms with Crippen molar-refractivity contribution in [1.82, 2.24) is 0 Å². The maximum absolute atomic E-state index is 6.17. The first kappa shape index (κ1) is 13.7. The highest BCUT2D eigenvalue weighted by Gasteiger charge is 2.03. The predicted molar refractivity (Wildman–Crippen MR) is 82.7 cm³/mol. The molecule has 18 heavy (non-hydrogen) atoms. The molecule has 0 saturated carbocycles. The fourth-order valence-electron chi connectivity index (χ4n) is 1.63. The largest absolute Gasteiger partial charge is 0.380 e. The van der Waals surface area contributed by atoms with Crippen LogP contribution >= 0.6 is 39.1 Å². The van der Waals surface area contributed by atoms with Crippen molar-refractivity contribution in [3.05, 3.63) is 62.0 Å². The van der Waals surface area contributed by atoms with Crippen LogP contribution in [0, 0.1) is 6.92 Å². The summed E-state index contributed by atoms with van der Waals surface area (Å²) in [5.41, 5.74) is 3.17. The lowest BCUT2D eigenvalue weighted by Crippen LogP contribution is -2.00. The van der Waals surface area contributed by atoms with Gasteiger partial charge in [0.15, 0.2) is 0 Å². The van der Waals surface area contributed by atoms with Gasteiger partial charge in [0.2, 0.25) is 0 Å². The molecule has 0 bridgehead atoms. The van der Waals surface area contributed by atoms with Gasteiger partial charge in [0.1, 0.15) is 0 Å². The van der Waals surface area contributed by atoms with Gasteiger partial charge in [-0.05, 0) is 48.4 Å². The predicted octanol–water partition coefficient (Wildman–Crippen LogP) is 5.68. The van der Waals surface area contributed by atoms with Crippen LogP contribution in [0.1, 0.15) is 11.1 Å². The van der Waals surface area contributed by atoms with E-state index in [0.29, 0.717) is 6.54 Å². The van der Waals surface area contributed by atoms with E-state index in [4.69, 9.17) is 23.2 Å². The van der Waals surface area contributed by atoms with Gasteiger partial charge in [-0.2, -0.15) is 0 Å². The van der Waals surface area contributed by atoms with Crippen LogP contribution in [0.4, 0.5) is 5.69 Å². The van der Waals surface area contributed by atoms with Crippen LogP contribution in [0.25, 0.3) is 0 Å². The minimum absolute atomic E-state index is 0.671. The lowest BCUT2D eigenvalue weighted by molar-refractivity contribution is 1.14. The van der Waals surface area contributed by atoms with Crippen molar-refractivity contribution in [3.63, 3.8) is 0 Å². The Morgan fingerprint density at radius 2 is 1.89 bits per heavy atom. The summed E-state index contributed by atoms with van der Waals surface area (Å²) in [6.45, 7) is 2.69. The summed E-state index contributed by atoms with van der Waals surface area (Å²) in [6, 6.07) is 11.7. The summed E-state index contributed by atoms with van der Waals surface area (Å²) >= 11 is 15.6. The van der Waals surface area contributed by atoms with Gasteiger partial charge in [-0.3, -0.25) is 0 Å². The van der Waals surface area contributed by atoms with E-state index in [0.717, 1.165) is 31.3 Å². The summed E-state index contributed by atoms with van der Waals surface area (Å²) in [5.74, 6) is 0. The maximum Gasteiger partial charge on any atom is 0.0640 e. The standard InChI is InChI=1S/C14H12BrCl2N/c1-9-2-5-14(13(17)6-9)18-8-10-7-11(16)3-4-12(10)15/h2-7,18H,8H2,1H3. The molecule has 0 unspecified atom stereocenters. The number of nitrogens with one attached hydrogen (secondary N) is 1. The molecule has 2 aromatic rings. The third-order valence-corrected chi connectivity index (χ3v) is 3.92. The van der Waals surface area contributed by atoms with Crippen LogP contribution in [0.5, 0.6) is 0 Å². The molecule has 1 N–H and O–H groups in total. The molecule has 0 aliphatic carbocycles. The molecule has 4 heteroatoms. The van der Waals surface area contributed by atoms with E-state index < -0.39 is 0 Å². The minimum Gasteiger partial charge on any atom is -0.380 e. The molecular formula is C14H12BrCl2N. The fraction of sp³-hybridized carbons (Fsp3) is 0.143. The highest BCUT2D eigenvalue weighted by molar-refractivity contribution is 9.10. The Kier molecular flexibility index (Phi) is 4.55. The monoisotopic (exact) mass is 343 g/mol. The Morgan fingerprint density at radius 3 is 2.61 bits per heavy atom. The molecule has 0 radical (unpaired) electrons. The maximum atomic E-state index is 6.17. The summed E-state index contributed by atoms with van der Waals surface area (Å²) in [5, 5.41) is 4.76. The lowest BCUT2D eigenvalue weighted by Gasteiger charge is -2.10. The second kappa shape index (κ2) is 5.96. The van der Waals surface area contributed by atoms with Crippen LogP contribution in [0.2, 0.25) is 10.0 Å². The molecule has 0 saturated heterocycles. The van der Waals surface area contributed by atoms with Crippen LogP contribution < -0.4 is 5.32 Å². The molecule has 0 aliphatic heterocycles. The average Bonchev–Trinajstić information content (AvgIpc) is 2.32. The average molecular weight is 345 g/mol. The summed E-state index contributed by atoms with van der Waals surface area (Å²) in [7, 11) is 0. The summed E-state index contributed by atoms with van der Waals surface area (Å²) in [6.07, 6.45) is 0. The Hall–Kier alpha value is -0.700. The Bertz CT molecular complexity index is 570. The van der Waals surface area contributed by atoms with Gasteiger partial charge in [0, 0.05) is 16.0 Å². The third kappa shape index (κ3) is 3.41. The van der Waals surface area contributed by atoms with Crippen molar-refractivity contribution in [1.29, 1.82) is 0 Å². The first-order valence-electron chi connectivity index (χ1n) is 5.50. The Morgan fingerprint density at radius 1 is 1.11 bits per heavy atom. The van der Waals surface area contributed by atoms with Crippen molar-refractivity contribution in [3.8, 4) is 0 Å². The highest BCUT2D eigenvalue weighted by Crippen LogP contribution is 2.26. The highest BCUT2D eigenvalue weighted by atomic mass is 79.9. The quantitative estimate of drug-likeness (QED) is 0.755. The van der Waals surface area contributed by atoms with E-state index in [-0.39, 0.29) is 0 Å². The van der Waals surface area contributed by atoms with Gasteiger partial charge in [0.25, 0.3) is 0 Å². The van der Waals surface area contributed by atoms with E-state index in [2.05, 4.69) is 21.2 Å². The van der Waals surface area contributed by atoms with Crippen molar-refractivity contribution in [2.45, 2.75) is 13.5 Å². The first-order valence-corrected chi connectivity index (χ1v) is 7.05. The second-order valence-corrected chi connectivity index (χ2v) is 5.77. The molecule has 0 heterocycles. The van der Waals surface area contributed by atoms with Crippen LogP contribution in [0.3, 0.4) is 0 Å². The molecule has 0 fully saturated rings. The molecular weight excluding hydrogens is 333 g/mol. The van der Waals surface area contributed by atoms with Gasteiger partial charge >= 0.3 is 0 Å². The molecule has 0 amide bonds. The van der Waals surface area contributed by atoms with E-state index in [1.54, 1.807) is 0 Å². The van der Waals surface area contributed by atoms with Gasteiger partial charge in [-0.1, -0.05) is 45.2 Å². The topological polar surface area (TPSA) is 12.0 Å². The van der Waals surface area contributed by atoms with E-state index >= 15 is 0 Å². The molecule has 1 nitrogen and oxygen atoms in total. The normalized spacial score (nSPS) is 10.4. The van der Waals surface area contributed by atoms with Crippen LogP contribution in [-0.2, 0) is 6.54 Å². The van der Waals surface area contributed by atoms with Crippen molar-refractivity contribution >= 4 is 44.8 Å². The molecule has 2 rings (SSSR count). The fourth-order valence-corrected chi connectivity index (χ4v) is 2.52. The molecule has 0 aromatic heterocycles. The third-order valence-electron chi connectivity index (χ3n) is 2.60. The smallest absolute Gasteiger partial charge is 0.0640 e. The van der Waals surface area contributed by atoms with E-state index in [1.807, 2.05) is 43.3 Å². The number of aryl methyl sites for hydroxylation is 1. The zero-order valence-electron chi connectivity index (χ0n) is 9.81. The molecule has 2 aromatic carbocycles. The summed E-state index contributed by atoms with van der Waals surface area (Å²) in [4.78, 5) is 0. The van der Waals surface area contributed by atoms with Gasteiger partial charge in [0.05, 0.1) is 10.7 Å². The van der Waals surface area contributed by atoms with E-state index in [1.165, 1.54) is 0 Å². The van der Waals surface area contributed by atoms with Crippen molar-refractivity contribution in [2.24, 2.45) is 0 Å². The zero-order valence-corrected chi connectivity index (χ0v) is 12.9. The zero-order chi connectivity index (χ0) is 13.1. The Labute approximate surface area is 125 Å². The van der Waals surface area contributed by atoms with Crippen LogP contribution in [0.15, 0.2) is 40.9 Å². The minimum atomic E-state index is 0.671. The number of benzene rings is 2. The van der Waals surface area contributed by atoms with E-state index in [9.17, 15) is 0 Å². The number of anilines is 1. The van der Waals surface area contributed by atoms with Gasteiger partial charge in [-0.15, -0.1) is 0 Å². The van der Waals surface area contributed by atoms with Gasteiger partial charge < -0.3 is 5.32 Å². The first-order chi connectivity index (χ1) is 8.56. The van der Waals surface area contributed by atoms with Gasteiger partial charge in [-0.25, -0.2) is 0 Å². The number of halogens is 3. The van der Waals surface area contributed by atoms with Crippen LogP contribution in [-0.4, -0.2) is 0 Å². The molecule has 0 spiro atoms. The SMILES string of the molecule is Cc1ccc(NCc2cc(Cl)ccc2Br)c(Cl)c1. The molecule has 0 atom stereocenters. The Balaban J connectivity index is 2.13. The molecule has 94 valence electrons. The number of hydrogen-bond donors (Lipinski definition) is 1. The lowest BCUT2D eigenvalue weighted by atomic mass is 10.2. The number of rotatable bonds is 3. The van der Waals surface area contributed by atoms with Crippen molar-refractivity contribution < 1.29 is 0 Å². The molecule has 0 aliphatic rings.